The number of thiocarbonyl (C=S) groups is 1. The summed E-state index contributed by atoms with van der Waals surface area (Å²) in [5.41, 5.74) is 0.396. The summed E-state index contributed by atoms with van der Waals surface area (Å²) in [6.45, 7) is 1.39. The molecular formula is C19H19BrN2O4S. The molecule has 2 aromatic rings. The number of carbonyl (C=O) groups excluding carboxylic acids is 1. The van der Waals surface area contributed by atoms with Gasteiger partial charge in [-0.1, -0.05) is 15.9 Å². The molecule has 1 N–H and O–H groups in total. The van der Waals surface area contributed by atoms with Gasteiger partial charge < -0.3 is 19.2 Å². The number of nitrogens with one attached hydrogen (secondary N) is 1. The molecule has 2 heterocycles. The van der Waals surface area contributed by atoms with Crippen molar-refractivity contribution in [3.8, 4) is 5.75 Å². The third kappa shape index (κ3) is 5.18. The van der Waals surface area contributed by atoms with Gasteiger partial charge in [0.1, 0.15) is 29.6 Å². The van der Waals surface area contributed by atoms with Gasteiger partial charge in [0.2, 0.25) is 0 Å². The van der Waals surface area contributed by atoms with Gasteiger partial charge >= 0.3 is 0 Å². The predicted molar refractivity (Wildman–Crippen MR) is 109 cm³/mol. The van der Waals surface area contributed by atoms with Gasteiger partial charge in [0.05, 0.1) is 0 Å². The molecule has 6 nitrogen and oxygen atoms in total. The molecule has 1 amide bonds. The Kier molecular flexibility index (Phi) is 6.65. The highest BCUT2D eigenvalue weighted by Gasteiger charge is 2.30. The van der Waals surface area contributed by atoms with Crippen LogP contribution in [0, 0.1) is 0 Å². The highest BCUT2D eigenvalue weighted by Crippen LogP contribution is 2.20. The number of hydrogen-bond donors (Lipinski definition) is 1. The van der Waals surface area contributed by atoms with Gasteiger partial charge in [-0.2, -0.15) is 0 Å². The smallest absolute Gasteiger partial charge is 0.276 e. The van der Waals surface area contributed by atoms with Crippen LogP contribution in [0.3, 0.4) is 0 Å². The van der Waals surface area contributed by atoms with E-state index in [9.17, 15) is 4.79 Å². The van der Waals surface area contributed by atoms with Crippen LogP contribution in [0.15, 0.2) is 51.0 Å². The lowest BCUT2D eigenvalue weighted by atomic mass is 10.3. The third-order valence-electron chi connectivity index (χ3n) is 3.86. The fourth-order valence-electron chi connectivity index (χ4n) is 2.52. The molecule has 0 saturated carbocycles. The Morgan fingerprint density at radius 2 is 2.04 bits per heavy atom. The first-order valence-electron chi connectivity index (χ1n) is 8.37. The molecule has 0 bridgehead atoms. The first kappa shape index (κ1) is 19.6. The van der Waals surface area contributed by atoms with Crippen molar-refractivity contribution in [1.82, 2.24) is 10.2 Å². The molecule has 1 saturated heterocycles. The summed E-state index contributed by atoms with van der Waals surface area (Å²) in [7, 11) is 1.63. The van der Waals surface area contributed by atoms with Crippen LogP contribution in [0.25, 0.3) is 6.08 Å². The van der Waals surface area contributed by atoms with Crippen LogP contribution < -0.4 is 10.1 Å². The predicted octanol–water partition coefficient (Wildman–Crippen LogP) is 3.72. The van der Waals surface area contributed by atoms with Crippen molar-refractivity contribution < 1.29 is 18.7 Å². The highest BCUT2D eigenvalue weighted by atomic mass is 79.9. The van der Waals surface area contributed by atoms with Crippen LogP contribution in [0.5, 0.6) is 5.75 Å². The van der Waals surface area contributed by atoms with Gasteiger partial charge in [0.25, 0.3) is 5.91 Å². The fraction of sp³-hybridized carbons (Fsp3) is 0.263. The van der Waals surface area contributed by atoms with E-state index in [1.807, 2.05) is 30.3 Å². The lowest BCUT2D eigenvalue weighted by Gasteiger charge is -2.12. The van der Waals surface area contributed by atoms with Gasteiger partial charge in [-0.25, -0.2) is 0 Å². The molecule has 1 aliphatic rings. The molecule has 142 valence electrons. The van der Waals surface area contributed by atoms with Crippen LogP contribution in [0.2, 0.25) is 0 Å². The van der Waals surface area contributed by atoms with Crippen molar-refractivity contribution in [2.24, 2.45) is 0 Å². The van der Waals surface area contributed by atoms with Crippen molar-refractivity contribution in [2.45, 2.75) is 13.0 Å². The topological polar surface area (TPSA) is 63.9 Å². The van der Waals surface area contributed by atoms with Crippen LogP contribution in [-0.4, -0.2) is 36.2 Å². The fourth-order valence-corrected chi connectivity index (χ4v) is 3.07. The summed E-state index contributed by atoms with van der Waals surface area (Å²) in [4.78, 5) is 14.0. The zero-order chi connectivity index (χ0) is 19.2. The van der Waals surface area contributed by atoms with Crippen molar-refractivity contribution in [3.05, 3.63) is 58.1 Å². The highest BCUT2D eigenvalue weighted by molar-refractivity contribution is 9.10. The number of furan rings is 1. The molecular weight excluding hydrogens is 432 g/mol. The lowest BCUT2D eigenvalue weighted by molar-refractivity contribution is -0.122. The quantitative estimate of drug-likeness (QED) is 0.375. The molecule has 1 fully saturated rings. The molecule has 0 atom stereocenters. The number of nitrogens with zero attached hydrogens (tertiary/aromatic N) is 1. The van der Waals surface area contributed by atoms with Crippen LogP contribution >= 0.6 is 28.1 Å². The number of carbonyl (C=O) groups is 1. The lowest BCUT2D eigenvalue weighted by Crippen LogP contribution is -2.32. The molecule has 0 spiro atoms. The molecule has 0 unspecified atom stereocenters. The molecule has 27 heavy (non-hydrogen) atoms. The average molecular weight is 451 g/mol. The summed E-state index contributed by atoms with van der Waals surface area (Å²) in [5, 5.41) is 3.33. The molecule has 8 heteroatoms. The van der Waals surface area contributed by atoms with Gasteiger partial charge in [0.15, 0.2) is 5.11 Å². The molecule has 1 aromatic carbocycles. The molecule has 1 aliphatic heterocycles. The van der Waals surface area contributed by atoms with Crippen LogP contribution in [-0.2, 0) is 16.1 Å². The van der Waals surface area contributed by atoms with E-state index in [1.54, 1.807) is 19.3 Å². The van der Waals surface area contributed by atoms with E-state index in [4.69, 9.17) is 26.1 Å². The van der Waals surface area contributed by atoms with E-state index in [1.165, 1.54) is 4.90 Å². The Balaban J connectivity index is 1.60. The maximum atomic E-state index is 12.5. The maximum Gasteiger partial charge on any atom is 0.276 e. The Morgan fingerprint density at radius 3 is 2.78 bits per heavy atom. The minimum absolute atomic E-state index is 0.167. The Morgan fingerprint density at radius 1 is 1.26 bits per heavy atom. The van der Waals surface area contributed by atoms with E-state index >= 15 is 0 Å². The van der Waals surface area contributed by atoms with E-state index in [0.29, 0.717) is 42.1 Å². The number of ether oxygens (including phenoxy) is 2. The zero-order valence-corrected chi connectivity index (χ0v) is 17.1. The summed E-state index contributed by atoms with van der Waals surface area (Å²) in [5.74, 6) is 1.80. The van der Waals surface area contributed by atoms with Gasteiger partial charge in [-0.05, 0) is 55.0 Å². The van der Waals surface area contributed by atoms with Crippen molar-refractivity contribution >= 4 is 45.2 Å². The number of halogens is 1. The van der Waals surface area contributed by atoms with Gasteiger partial charge in [-0.15, -0.1) is 0 Å². The second-order valence-electron chi connectivity index (χ2n) is 5.84. The van der Waals surface area contributed by atoms with Crippen molar-refractivity contribution in [3.63, 3.8) is 0 Å². The van der Waals surface area contributed by atoms with Crippen molar-refractivity contribution in [1.29, 1.82) is 0 Å². The van der Waals surface area contributed by atoms with E-state index < -0.39 is 0 Å². The van der Waals surface area contributed by atoms with Gasteiger partial charge in [0, 0.05) is 30.8 Å². The largest absolute Gasteiger partial charge is 0.486 e. The summed E-state index contributed by atoms with van der Waals surface area (Å²) < 4.78 is 17.4. The summed E-state index contributed by atoms with van der Waals surface area (Å²) in [6, 6.07) is 11.2. The molecule has 1 aromatic heterocycles. The number of methoxy groups -OCH3 is 1. The van der Waals surface area contributed by atoms with E-state index in [0.717, 1.165) is 16.6 Å². The minimum Gasteiger partial charge on any atom is -0.486 e. The average Bonchev–Trinajstić information content (AvgIpc) is 3.21. The van der Waals surface area contributed by atoms with Crippen LogP contribution in [0.1, 0.15) is 17.9 Å². The second-order valence-corrected chi connectivity index (χ2v) is 7.14. The summed E-state index contributed by atoms with van der Waals surface area (Å²) in [6.07, 6.45) is 2.36. The number of hydrogen-bond acceptors (Lipinski definition) is 5. The molecule has 0 radical (unpaired) electrons. The standard InChI is InChI=1S/C19H19BrN2O4S/c1-24-10-2-9-22-18(23)17(21-19(22)27)11-15-7-8-16(26-15)12-25-14-5-3-13(20)4-6-14/h3-8,11H,2,9-10,12H2,1H3,(H,21,27)/b17-11+. The van der Waals surface area contributed by atoms with Crippen LogP contribution in [0.4, 0.5) is 0 Å². The van der Waals surface area contributed by atoms with E-state index in [-0.39, 0.29) is 5.91 Å². The number of rotatable bonds is 8. The van der Waals surface area contributed by atoms with E-state index in [2.05, 4.69) is 21.2 Å². The van der Waals surface area contributed by atoms with Gasteiger partial charge in [-0.3, -0.25) is 9.69 Å². The minimum atomic E-state index is -0.167. The zero-order valence-electron chi connectivity index (χ0n) is 14.7. The maximum absolute atomic E-state index is 12.5. The summed E-state index contributed by atoms with van der Waals surface area (Å²) >= 11 is 8.61. The first-order valence-corrected chi connectivity index (χ1v) is 9.57. The SMILES string of the molecule is COCCCN1C(=O)/C(=C\c2ccc(COc3ccc(Br)cc3)o2)NC1=S. The Labute approximate surface area is 171 Å². The molecule has 3 rings (SSSR count). The third-order valence-corrected chi connectivity index (χ3v) is 4.71. The number of benzene rings is 1. The first-order chi connectivity index (χ1) is 13.1. The Hall–Kier alpha value is -2.16. The molecule has 0 aliphatic carbocycles. The number of amides is 1. The second kappa shape index (κ2) is 9.16. The van der Waals surface area contributed by atoms with Crippen molar-refractivity contribution in [2.75, 3.05) is 20.3 Å². The normalized spacial score (nSPS) is 15.5. The monoisotopic (exact) mass is 450 g/mol. The Bertz CT molecular complexity index is 848.